The van der Waals surface area contributed by atoms with Crippen molar-refractivity contribution >= 4 is 5.69 Å². The summed E-state index contributed by atoms with van der Waals surface area (Å²) < 4.78 is 5.32. The summed E-state index contributed by atoms with van der Waals surface area (Å²) in [4.78, 5) is 7.72. The fourth-order valence-electron chi connectivity index (χ4n) is 4.27. The van der Waals surface area contributed by atoms with Gasteiger partial charge in [0.1, 0.15) is 11.5 Å². The molecule has 1 aromatic carbocycles. The molecule has 2 saturated heterocycles. The average Bonchev–Trinajstić information content (AvgIpc) is 3.14. The second kappa shape index (κ2) is 8.23. The van der Waals surface area contributed by atoms with Crippen molar-refractivity contribution < 1.29 is 4.52 Å². The lowest BCUT2D eigenvalue weighted by molar-refractivity contribution is 0.118. The van der Waals surface area contributed by atoms with Gasteiger partial charge in [-0.05, 0) is 38.4 Å². The number of hydrogen-bond donors (Lipinski definition) is 0. The molecule has 2 aliphatic rings. The molecule has 5 heteroatoms. The summed E-state index contributed by atoms with van der Waals surface area (Å²) in [6.07, 6.45) is 3.80. The van der Waals surface area contributed by atoms with Crippen molar-refractivity contribution in [3.05, 3.63) is 47.9 Å². The van der Waals surface area contributed by atoms with Crippen molar-refractivity contribution in [1.29, 1.82) is 0 Å². The SMILES string of the molecule is Cc1cc([C@H]2CCCCN2CCN2CCN(c3ccccc3)CC2)no1. The average molecular weight is 354 g/mol. The van der Waals surface area contributed by atoms with E-state index in [0.29, 0.717) is 6.04 Å². The molecule has 0 aliphatic carbocycles. The summed E-state index contributed by atoms with van der Waals surface area (Å²) in [5, 5.41) is 4.29. The van der Waals surface area contributed by atoms with Gasteiger partial charge in [-0.25, -0.2) is 0 Å². The van der Waals surface area contributed by atoms with Crippen LogP contribution >= 0.6 is 0 Å². The van der Waals surface area contributed by atoms with Crippen LogP contribution < -0.4 is 4.90 Å². The third-order valence-electron chi connectivity index (χ3n) is 5.80. The molecule has 0 spiro atoms. The molecule has 1 aromatic heterocycles. The quantitative estimate of drug-likeness (QED) is 0.823. The topological polar surface area (TPSA) is 35.8 Å². The van der Waals surface area contributed by atoms with Gasteiger partial charge in [0.15, 0.2) is 0 Å². The first-order valence-electron chi connectivity index (χ1n) is 9.99. The van der Waals surface area contributed by atoms with Gasteiger partial charge in [0.05, 0.1) is 6.04 Å². The Morgan fingerprint density at radius 1 is 1.00 bits per heavy atom. The lowest BCUT2D eigenvalue weighted by Crippen LogP contribution is -2.49. The maximum absolute atomic E-state index is 5.32. The van der Waals surface area contributed by atoms with Crippen molar-refractivity contribution in [2.24, 2.45) is 0 Å². The predicted molar refractivity (Wildman–Crippen MR) is 105 cm³/mol. The van der Waals surface area contributed by atoms with Gasteiger partial charge in [-0.2, -0.15) is 0 Å². The van der Waals surface area contributed by atoms with Crippen LogP contribution in [0, 0.1) is 6.92 Å². The third kappa shape index (κ3) is 4.10. The first-order chi connectivity index (χ1) is 12.8. The Morgan fingerprint density at radius 2 is 1.81 bits per heavy atom. The second-order valence-corrected chi connectivity index (χ2v) is 7.57. The van der Waals surface area contributed by atoms with Crippen LogP contribution in [0.5, 0.6) is 0 Å². The zero-order valence-electron chi connectivity index (χ0n) is 15.8. The van der Waals surface area contributed by atoms with E-state index in [2.05, 4.69) is 56.3 Å². The molecule has 0 saturated carbocycles. The smallest absolute Gasteiger partial charge is 0.133 e. The number of hydrogen-bond acceptors (Lipinski definition) is 5. The zero-order chi connectivity index (χ0) is 17.8. The van der Waals surface area contributed by atoms with E-state index in [1.54, 1.807) is 0 Å². The van der Waals surface area contributed by atoms with Crippen LogP contribution in [-0.4, -0.2) is 60.8 Å². The van der Waals surface area contributed by atoms with E-state index in [9.17, 15) is 0 Å². The van der Waals surface area contributed by atoms with Crippen molar-refractivity contribution in [2.45, 2.75) is 32.2 Å². The van der Waals surface area contributed by atoms with E-state index in [1.807, 2.05) is 6.92 Å². The molecular weight excluding hydrogens is 324 g/mol. The fraction of sp³-hybridized carbons (Fsp3) is 0.571. The fourth-order valence-corrected chi connectivity index (χ4v) is 4.27. The lowest BCUT2D eigenvalue weighted by atomic mass is 9.99. The maximum Gasteiger partial charge on any atom is 0.133 e. The molecule has 5 nitrogen and oxygen atoms in total. The van der Waals surface area contributed by atoms with Gasteiger partial charge in [0.25, 0.3) is 0 Å². The monoisotopic (exact) mass is 354 g/mol. The van der Waals surface area contributed by atoms with Gasteiger partial charge >= 0.3 is 0 Å². The van der Waals surface area contributed by atoms with Crippen molar-refractivity contribution in [3.8, 4) is 0 Å². The molecule has 3 heterocycles. The first-order valence-corrected chi connectivity index (χ1v) is 9.99. The van der Waals surface area contributed by atoms with Crippen molar-refractivity contribution in [1.82, 2.24) is 15.0 Å². The normalized spacial score (nSPS) is 22.7. The Balaban J connectivity index is 1.28. The summed E-state index contributed by atoms with van der Waals surface area (Å²) >= 11 is 0. The molecule has 0 bridgehead atoms. The highest BCUT2D eigenvalue weighted by Gasteiger charge is 2.27. The summed E-state index contributed by atoms with van der Waals surface area (Å²) in [6, 6.07) is 13.3. The summed E-state index contributed by atoms with van der Waals surface area (Å²) in [5.74, 6) is 0.919. The van der Waals surface area contributed by atoms with Gasteiger partial charge < -0.3 is 9.42 Å². The van der Waals surface area contributed by atoms with E-state index in [-0.39, 0.29) is 0 Å². The van der Waals surface area contributed by atoms with Gasteiger partial charge in [-0.3, -0.25) is 9.80 Å². The number of aryl methyl sites for hydroxylation is 1. The van der Waals surface area contributed by atoms with E-state index in [1.165, 1.54) is 31.5 Å². The van der Waals surface area contributed by atoms with Crippen molar-refractivity contribution in [2.75, 3.05) is 50.7 Å². The number of piperazine rings is 1. The largest absolute Gasteiger partial charge is 0.369 e. The lowest BCUT2D eigenvalue weighted by Gasteiger charge is -2.39. The zero-order valence-corrected chi connectivity index (χ0v) is 15.8. The maximum atomic E-state index is 5.32. The van der Waals surface area contributed by atoms with Crippen LogP contribution in [0.25, 0.3) is 0 Å². The molecule has 0 N–H and O–H groups in total. The molecule has 0 amide bonds. The van der Waals surface area contributed by atoms with E-state index in [4.69, 9.17) is 4.52 Å². The number of benzene rings is 1. The number of para-hydroxylation sites is 1. The Bertz CT molecular complexity index is 678. The molecule has 1 atom stereocenters. The molecule has 2 aromatic rings. The summed E-state index contributed by atoms with van der Waals surface area (Å²) in [6.45, 7) is 9.98. The Kier molecular flexibility index (Phi) is 5.56. The third-order valence-corrected chi connectivity index (χ3v) is 5.80. The second-order valence-electron chi connectivity index (χ2n) is 7.57. The van der Waals surface area contributed by atoms with Gasteiger partial charge in [-0.1, -0.05) is 29.8 Å². The van der Waals surface area contributed by atoms with Crippen LogP contribution in [0.4, 0.5) is 5.69 Å². The number of aromatic nitrogens is 1. The van der Waals surface area contributed by atoms with Gasteiger partial charge in [0.2, 0.25) is 0 Å². The summed E-state index contributed by atoms with van der Waals surface area (Å²) in [5.41, 5.74) is 2.47. The predicted octanol–water partition coefficient (Wildman–Crippen LogP) is 3.33. The molecule has 26 heavy (non-hydrogen) atoms. The van der Waals surface area contributed by atoms with Crippen molar-refractivity contribution in [3.63, 3.8) is 0 Å². The number of piperidine rings is 1. The first kappa shape index (κ1) is 17.6. The Labute approximate surface area is 156 Å². The molecular formula is C21H30N4O. The van der Waals surface area contributed by atoms with E-state index < -0.39 is 0 Å². The number of nitrogens with zero attached hydrogens (tertiary/aromatic N) is 4. The highest BCUT2D eigenvalue weighted by molar-refractivity contribution is 5.46. The standard InChI is InChI=1S/C21H30N4O/c1-18-17-20(22-26-18)21-9-5-6-10-25(21)16-13-23-11-14-24(15-12-23)19-7-3-2-4-8-19/h2-4,7-8,17,21H,5-6,9-16H2,1H3/t21-/m1/s1. The minimum absolute atomic E-state index is 0.437. The highest BCUT2D eigenvalue weighted by Crippen LogP contribution is 2.30. The Morgan fingerprint density at radius 3 is 2.54 bits per heavy atom. The highest BCUT2D eigenvalue weighted by atomic mass is 16.5. The van der Waals surface area contributed by atoms with Gasteiger partial charge in [-0.15, -0.1) is 0 Å². The Hall–Kier alpha value is -1.85. The van der Waals surface area contributed by atoms with E-state index in [0.717, 1.165) is 50.7 Å². The summed E-state index contributed by atoms with van der Waals surface area (Å²) in [7, 11) is 0. The van der Waals surface area contributed by atoms with E-state index >= 15 is 0 Å². The number of likely N-dealkylation sites (tertiary alicyclic amines) is 1. The minimum Gasteiger partial charge on any atom is -0.369 e. The molecule has 140 valence electrons. The molecule has 2 fully saturated rings. The van der Waals surface area contributed by atoms with Crippen LogP contribution in [0.1, 0.15) is 36.8 Å². The van der Waals surface area contributed by atoms with Crippen LogP contribution in [0.3, 0.4) is 0 Å². The molecule has 0 unspecified atom stereocenters. The van der Waals surface area contributed by atoms with Crippen LogP contribution in [0.15, 0.2) is 40.9 Å². The molecule has 0 radical (unpaired) electrons. The minimum atomic E-state index is 0.437. The van der Waals surface area contributed by atoms with Crippen LogP contribution in [-0.2, 0) is 0 Å². The number of anilines is 1. The van der Waals surface area contributed by atoms with Crippen LogP contribution in [0.2, 0.25) is 0 Å². The molecule has 2 aliphatic heterocycles. The van der Waals surface area contributed by atoms with Gasteiger partial charge in [0, 0.05) is 51.0 Å². The number of rotatable bonds is 5. The molecule has 4 rings (SSSR count).